The Balaban J connectivity index is 2.00. The summed E-state index contributed by atoms with van der Waals surface area (Å²) in [6.07, 6.45) is 2.58. The molecule has 2 rings (SSSR count). The molecule has 0 N–H and O–H groups in total. The van der Waals surface area contributed by atoms with Crippen molar-refractivity contribution < 1.29 is 14.1 Å². The first kappa shape index (κ1) is 13.4. The van der Waals surface area contributed by atoms with Crippen molar-refractivity contribution in [3.8, 4) is 0 Å². The first-order valence-electron chi connectivity index (χ1n) is 6.15. The third-order valence-electron chi connectivity index (χ3n) is 3.28. The smallest absolute Gasteiger partial charge is 0.321 e. The number of hydrogen-bond donors (Lipinski definition) is 0. The lowest BCUT2D eigenvalue weighted by molar-refractivity contribution is -0.144. The van der Waals surface area contributed by atoms with E-state index in [0.29, 0.717) is 17.0 Å². The van der Waals surface area contributed by atoms with E-state index in [0.717, 1.165) is 25.0 Å². The molecule has 1 heterocycles. The number of aromatic nitrogens is 2. The SMILES string of the molecule is CCC(C)SCc1noc(C2(C(=O)OC)CC2)n1. The van der Waals surface area contributed by atoms with Crippen LogP contribution in [0.1, 0.15) is 44.8 Å². The van der Waals surface area contributed by atoms with E-state index in [1.54, 1.807) is 11.8 Å². The van der Waals surface area contributed by atoms with E-state index in [1.165, 1.54) is 7.11 Å². The molecule has 0 radical (unpaired) electrons. The van der Waals surface area contributed by atoms with Crippen molar-refractivity contribution in [1.29, 1.82) is 0 Å². The van der Waals surface area contributed by atoms with E-state index in [2.05, 4.69) is 24.0 Å². The topological polar surface area (TPSA) is 65.2 Å². The van der Waals surface area contributed by atoms with Crippen LogP contribution in [0.3, 0.4) is 0 Å². The van der Waals surface area contributed by atoms with Crippen LogP contribution in [-0.2, 0) is 20.7 Å². The highest BCUT2D eigenvalue weighted by Gasteiger charge is 2.57. The largest absolute Gasteiger partial charge is 0.468 e. The van der Waals surface area contributed by atoms with E-state index in [4.69, 9.17) is 9.26 Å². The quantitative estimate of drug-likeness (QED) is 0.739. The van der Waals surface area contributed by atoms with E-state index in [9.17, 15) is 4.79 Å². The second-order valence-electron chi connectivity index (χ2n) is 4.62. The molecule has 1 aliphatic rings. The number of carbonyl (C=O) groups is 1. The Labute approximate surface area is 111 Å². The predicted molar refractivity (Wildman–Crippen MR) is 68.3 cm³/mol. The standard InChI is InChI=1S/C12H18N2O3S/c1-4-8(2)18-7-9-13-10(17-14-9)12(5-6-12)11(15)16-3/h8H,4-7H2,1-3H3. The summed E-state index contributed by atoms with van der Waals surface area (Å²) < 4.78 is 9.99. The highest BCUT2D eigenvalue weighted by molar-refractivity contribution is 7.99. The molecule has 0 saturated heterocycles. The summed E-state index contributed by atoms with van der Waals surface area (Å²) in [5.74, 6) is 1.52. The van der Waals surface area contributed by atoms with Crippen molar-refractivity contribution in [2.75, 3.05) is 7.11 Å². The lowest BCUT2D eigenvalue weighted by atomic mass is 10.1. The maximum atomic E-state index is 11.7. The number of methoxy groups -OCH3 is 1. The van der Waals surface area contributed by atoms with Crippen LogP contribution in [0.5, 0.6) is 0 Å². The molecule has 0 bridgehead atoms. The summed E-state index contributed by atoms with van der Waals surface area (Å²) in [4.78, 5) is 16.0. The van der Waals surface area contributed by atoms with Crippen LogP contribution in [0.25, 0.3) is 0 Å². The Hall–Kier alpha value is -1.04. The minimum atomic E-state index is -0.652. The monoisotopic (exact) mass is 270 g/mol. The van der Waals surface area contributed by atoms with Gasteiger partial charge in [-0.15, -0.1) is 0 Å². The molecule has 0 spiro atoms. The molecule has 1 aromatic heterocycles. The third-order valence-corrected chi connectivity index (χ3v) is 4.60. The molecule has 0 aromatic carbocycles. The Bertz CT molecular complexity index is 429. The summed E-state index contributed by atoms with van der Waals surface area (Å²) in [5, 5.41) is 4.50. The summed E-state index contributed by atoms with van der Waals surface area (Å²) in [6.45, 7) is 4.32. The number of thioether (sulfide) groups is 1. The zero-order chi connectivity index (χ0) is 13.2. The molecular weight excluding hydrogens is 252 g/mol. The molecule has 1 aliphatic carbocycles. The molecule has 1 unspecified atom stereocenters. The van der Waals surface area contributed by atoms with Crippen molar-refractivity contribution in [3.63, 3.8) is 0 Å². The zero-order valence-electron chi connectivity index (χ0n) is 10.9. The van der Waals surface area contributed by atoms with E-state index < -0.39 is 5.41 Å². The molecule has 0 aliphatic heterocycles. The van der Waals surface area contributed by atoms with Crippen molar-refractivity contribution in [2.24, 2.45) is 0 Å². The minimum absolute atomic E-state index is 0.271. The Morgan fingerprint density at radius 2 is 2.33 bits per heavy atom. The molecule has 1 atom stereocenters. The number of carbonyl (C=O) groups excluding carboxylic acids is 1. The van der Waals surface area contributed by atoms with Gasteiger partial charge in [0.05, 0.1) is 12.9 Å². The lowest BCUT2D eigenvalue weighted by Gasteiger charge is -2.06. The minimum Gasteiger partial charge on any atom is -0.468 e. The highest BCUT2D eigenvalue weighted by Crippen LogP contribution is 2.48. The summed E-state index contributed by atoms with van der Waals surface area (Å²) >= 11 is 1.79. The second-order valence-corrected chi connectivity index (χ2v) is 6.05. The van der Waals surface area contributed by atoms with Gasteiger partial charge in [-0.25, -0.2) is 0 Å². The van der Waals surface area contributed by atoms with Gasteiger partial charge in [0.25, 0.3) is 0 Å². The average molecular weight is 270 g/mol. The molecular formula is C12H18N2O3S. The fourth-order valence-corrected chi connectivity index (χ4v) is 2.45. The van der Waals surface area contributed by atoms with E-state index in [-0.39, 0.29) is 5.97 Å². The van der Waals surface area contributed by atoms with Crippen LogP contribution >= 0.6 is 11.8 Å². The number of esters is 1. The summed E-state index contributed by atoms with van der Waals surface area (Å²) in [5.41, 5.74) is -0.652. The maximum absolute atomic E-state index is 11.7. The van der Waals surface area contributed by atoms with Crippen LogP contribution in [-0.4, -0.2) is 28.5 Å². The van der Waals surface area contributed by atoms with Crippen molar-refractivity contribution in [1.82, 2.24) is 10.1 Å². The molecule has 1 aromatic rings. The first-order chi connectivity index (χ1) is 8.62. The van der Waals surface area contributed by atoms with Crippen molar-refractivity contribution in [3.05, 3.63) is 11.7 Å². The van der Waals surface area contributed by atoms with Gasteiger partial charge >= 0.3 is 5.97 Å². The number of ether oxygens (including phenoxy) is 1. The zero-order valence-corrected chi connectivity index (χ0v) is 11.7. The summed E-state index contributed by atoms with van der Waals surface area (Å²) in [6, 6.07) is 0. The molecule has 1 saturated carbocycles. The lowest BCUT2D eigenvalue weighted by Crippen LogP contribution is -2.22. The number of hydrogen-bond acceptors (Lipinski definition) is 6. The van der Waals surface area contributed by atoms with Crippen LogP contribution in [0.4, 0.5) is 0 Å². The molecule has 100 valence electrons. The van der Waals surface area contributed by atoms with Crippen LogP contribution in [0.2, 0.25) is 0 Å². The van der Waals surface area contributed by atoms with Crippen LogP contribution in [0.15, 0.2) is 4.52 Å². The molecule has 1 fully saturated rings. The molecule has 18 heavy (non-hydrogen) atoms. The second kappa shape index (κ2) is 5.30. The Kier molecular flexibility index (Phi) is 3.94. The van der Waals surface area contributed by atoms with Gasteiger partial charge in [0.1, 0.15) is 5.41 Å². The van der Waals surface area contributed by atoms with Crippen molar-refractivity contribution >= 4 is 17.7 Å². The van der Waals surface area contributed by atoms with Gasteiger partial charge in [-0.3, -0.25) is 4.79 Å². The van der Waals surface area contributed by atoms with Gasteiger partial charge in [-0.1, -0.05) is 19.0 Å². The number of nitrogens with zero attached hydrogens (tertiary/aromatic N) is 2. The molecule has 0 amide bonds. The van der Waals surface area contributed by atoms with Crippen LogP contribution in [0, 0.1) is 0 Å². The first-order valence-corrected chi connectivity index (χ1v) is 7.20. The predicted octanol–water partition coefficient (Wildman–Crippen LogP) is 2.31. The third kappa shape index (κ3) is 2.53. The molecule has 5 nitrogen and oxygen atoms in total. The van der Waals surface area contributed by atoms with E-state index >= 15 is 0 Å². The van der Waals surface area contributed by atoms with Gasteiger partial charge in [0.15, 0.2) is 5.82 Å². The summed E-state index contributed by atoms with van der Waals surface area (Å²) in [7, 11) is 1.39. The average Bonchev–Trinajstić information content (AvgIpc) is 3.07. The Morgan fingerprint density at radius 3 is 2.89 bits per heavy atom. The van der Waals surface area contributed by atoms with Gasteiger partial charge in [0, 0.05) is 5.25 Å². The van der Waals surface area contributed by atoms with Gasteiger partial charge in [-0.2, -0.15) is 16.7 Å². The highest BCUT2D eigenvalue weighted by atomic mass is 32.2. The van der Waals surface area contributed by atoms with E-state index in [1.807, 2.05) is 0 Å². The van der Waals surface area contributed by atoms with Gasteiger partial charge in [0.2, 0.25) is 5.89 Å². The van der Waals surface area contributed by atoms with Crippen molar-refractivity contribution in [2.45, 2.75) is 49.5 Å². The van der Waals surface area contributed by atoms with Gasteiger partial charge < -0.3 is 9.26 Å². The number of rotatable bonds is 6. The van der Waals surface area contributed by atoms with Gasteiger partial charge in [-0.05, 0) is 19.3 Å². The maximum Gasteiger partial charge on any atom is 0.321 e. The molecule has 6 heteroatoms. The fourth-order valence-electron chi connectivity index (χ4n) is 1.67. The Morgan fingerprint density at radius 1 is 1.61 bits per heavy atom. The fraction of sp³-hybridized carbons (Fsp3) is 0.750. The van der Waals surface area contributed by atoms with Crippen LogP contribution < -0.4 is 0 Å². The normalized spacial score (nSPS) is 18.4.